The number of hydrogen-bond donors (Lipinski definition) is 2. The molecule has 7 heavy (non-hydrogen) atoms. The Morgan fingerprint density at radius 1 is 1.71 bits per heavy atom. The summed E-state index contributed by atoms with van der Waals surface area (Å²) in [6.45, 7) is 0. The second kappa shape index (κ2) is 4.73. The van der Waals surface area contributed by atoms with E-state index in [1.165, 1.54) is 0 Å². The molecule has 0 saturated heterocycles. The Labute approximate surface area is 85.5 Å². The molecular weight excluding hydrogens is 218 g/mol. The number of rotatable bonds is 1. The van der Waals surface area contributed by atoms with Gasteiger partial charge >= 0.3 is 53.3 Å². The molecule has 0 aromatic rings. The van der Waals surface area contributed by atoms with Gasteiger partial charge in [-0.3, -0.25) is 0 Å². The first-order valence-electron chi connectivity index (χ1n) is 0.919. The maximum atomic E-state index is 9.34. The fourth-order valence-corrected chi connectivity index (χ4v) is 0. The molecule has 0 fully saturated rings. The van der Waals surface area contributed by atoms with Crippen molar-refractivity contribution in [1.29, 1.82) is 0 Å². The predicted molar refractivity (Wildman–Crippen MR) is 27.0 cm³/mol. The summed E-state index contributed by atoms with van der Waals surface area (Å²) in [6.07, 6.45) is 0. The molecule has 7 heteroatoms. The van der Waals surface area contributed by atoms with Gasteiger partial charge in [0, 0.05) is 0 Å². The molecule has 0 aliphatic rings. The van der Waals surface area contributed by atoms with Crippen molar-refractivity contribution in [3.8, 4) is 0 Å². The van der Waals surface area contributed by atoms with E-state index in [2.05, 4.69) is 15.9 Å². The van der Waals surface area contributed by atoms with Gasteiger partial charge < -0.3 is 12.6 Å². The summed E-state index contributed by atoms with van der Waals surface area (Å²) >= 11 is 4.21. The molecule has 0 aliphatic carbocycles. The van der Waals surface area contributed by atoms with Crippen LogP contribution in [0.15, 0.2) is 0 Å². The third-order valence-corrected chi connectivity index (χ3v) is 0.809. The van der Waals surface area contributed by atoms with E-state index in [4.69, 9.17) is 9.79 Å². The summed E-state index contributed by atoms with van der Waals surface area (Å²) in [6, 6.07) is 0. The molecule has 0 spiro atoms. The van der Waals surface area contributed by atoms with E-state index in [1.54, 1.807) is 0 Å². The molecule has 0 atom stereocenters. The Morgan fingerprint density at radius 2 is 1.86 bits per heavy atom. The van der Waals surface area contributed by atoms with Crippen molar-refractivity contribution in [3.63, 3.8) is 0 Å². The molecule has 4 nitrogen and oxygen atoms in total. The van der Waals surface area contributed by atoms with Crippen molar-refractivity contribution < 1.29 is 21.3 Å². The number of phosphoric acid groups is 1. The predicted octanol–water partition coefficient (Wildman–Crippen LogP) is 0.0937. The van der Waals surface area contributed by atoms with Crippen LogP contribution >= 0.6 is 19.7 Å². The van der Waals surface area contributed by atoms with Gasteiger partial charge in [-0.2, -0.15) is 4.08 Å². The van der Waals surface area contributed by atoms with Gasteiger partial charge in [0.25, 0.3) is 0 Å². The van der Waals surface area contributed by atoms with Gasteiger partial charge in [0.05, 0.1) is 11.9 Å². The average molecular weight is 222 g/mol. The van der Waals surface area contributed by atoms with Crippen LogP contribution in [0.2, 0.25) is 0 Å². The van der Waals surface area contributed by atoms with Crippen molar-refractivity contribution in [2.45, 2.75) is 0 Å². The van der Waals surface area contributed by atoms with Crippen LogP contribution in [0.3, 0.4) is 0 Å². The summed E-state index contributed by atoms with van der Waals surface area (Å²) in [4.78, 5) is 15.2. The minimum atomic E-state index is -4.38. The van der Waals surface area contributed by atoms with Gasteiger partial charge in [-0.25, -0.2) is 4.57 Å². The second-order valence-corrected chi connectivity index (χ2v) is 2.09. The Kier molecular flexibility index (Phi) is 7.87. The van der Waals surface area contributed by atoms with E-state index in [9.17, 15) is 4.57 Å². The monoisotopic (exact) mass is 222 g/mol. The van der Waals surface area contributed by atoms with E-state index < -0.39 is 7.82 Å². The summed E-state index contributed by atoms with van der Waals surface area (Å²) in [7, 11) is -4.38. The van der Waals surface area contributed by atoms with Crippen LogP contribution in [-0.4, -0.2) is 55.3 Å². The first-order chi connectivity index (χ1) is 2.56. The van der Waals surface area contributed by atoms with Crippen molar-refractivity contribution in [3.05, 3.63) is 0 Å². The van der Waals surface area contributed by atoms with E-state index in [-0.39, 0.29) is 48.3 Å². The topological polar surface area (TPSA) is 66.8 Å². The van der Waals surface area contributed by atoms with E-state index in [0.717, 1.165) is 0 Å². The summed E-state index contributed by atoms with van der Waals surface area (Å²) in [5, 5.41) is 0. The molecule has 0 saturated carbocycles. The van der Waals surface area contributed by atoms with Gasteiger partial charge in [0.15, 0.2) is 0 Å². The molecular formula is H4ClO4PSr. The fourth-order valence-electron chi connectivity index (χ4n) is 0. The van der Waals surface area contributed by atoms with Crippen LogP contribution in [0.1, 0.15) is 2.85 Å². The summed E-state index contributed by atoms with van der Waals surface area (Å²) in [5.41, 5.74) is 0. The molecule has 0 aromatic carbocycles. The molecule has 2 N–H and O–H groups in total. The number of halogens is 1. The maximum Gasteiger partial charge on any atom is 2.00 e. The van der Waals surface area contributed by atoms with Crippen LogP contribution in [0.5, 0.6) is 0 Å². The smallest absolute Gasteiger partial charge is 1.00 e. The molecule has 0 aliphatic heterocycles. The van der Waals surface area contributed by atoms with Crippen LogP contribution in [0, 0.1) is 0 Å². The largest absolute Gasteiger partial charge is 2.00 e. The Balaban J connectivity index is -0.0000000417. The first-order valence-corrected chi connectivity index (χ1v) is 2.76. The van der Waals surface area contributed by atoms with Gasteiger partial charge in [0.1, 0.15) is 0 Å². The Hall–Kier alpha value is 1.88. The summed E-state index contributed by atoms with van der Waals surface area (Å²) in [5.74, 6) is 0. The zero-order chi connectivity index (χ0) is 5.21. The molecule has 0 rings (SSSR count). The van der Waals surface area contributed by atoms with E-state index in [0.29, 0.717) is 0 Å². The molecule has 0 unspecified atom stereocenters. The van der Waals surface area contributed by atoms with Crippen LogP contribution in [0.25, 0.3) is 0 Å². The van der Waals surface area contributed by atoms with Crippen molar-refractivity contribution in [1.82, 2.24) is 0 Å². The van der Waals surface area contributed by atoms with Crippen molar-refractivity contribution >= 4 is 65.2 Å². The van der Waals surface area contributed by atoms with Gasteiger partial charge in [0.2, 0.25) is 0 Å². The fraction of sp³-hybridized carbons (Fsp3) is 0. The number of hydrogen-bond acceptors (Lipinski definition) is 2. The Morgan fingerprint density at radius 3 is 1.86 bits per heavy atom. The van der Waals surface area contributed by atoms with E-state index in [1.807, 2.05) is 0 Å². The van der Waals surface area contributed by atoms with Crippen LogP contribution in [-0.2, 0) is 8.64 Å². The zero-order valence-electron chi connectivity index (χ0n) is 5.24. The summed E-state index contributed by atoms with van der Waals surface area (Å²) < 4.78 is 12.4. The normalized spacial score (nSPS) is 10.1. The van der Waals surface area contributed by atoms with E-state index >= 15 is 0 Å². The molecule has 42 valence electrons. The second-order valence-electron chi connectivity index (χ2n) is 0.560. The van der Waals surface area contributed by atoms with Crippen LogP contribution in [0.4, 0.5) is 0 Å². The average Bonchev–Trinajstić information content (AvgIpc) is 1.35. The molecule has 0 heterocycles. The minimum absolute atomic E-state index is 0. The van der Waals surface area contributed by atoms with Crippen molar-refractivity contribution in [2.24, 2.45) is 0 Å². The van der Waals surface area contributed by atoms with Crippen LogP contribution < -0.4 is 0 Å². The molecule has 0 radical (unpaired) electrons. The molecule has 0 aromatic heterocycles. The maximum absolute atomic E-state index is 9.34. The Bertz CT molecular complexity index is 82.6. The standard InChI is InChI=1S/ClH2O4P.Sr.2H/c1-5-6(2,3)4;;;/h(H2,2,3,4);;;/q;+2;2*-1. The first kappa shape index (κ1) is 11.6. The van der Waals surface area contributed by atoms with Gasteiger partial charge in [-0.05, 0) is 0 Å². The van der Waals surface area contributed by atoms with Crippen molar-refractivity contribution in [2.75, 3.05) is 0 Å². The molecule has 0 bridgehead atoms. The quantitative estimate of drug-likeness (QED) is 0.487. The van der Waals surface area contributed by atoms with Gasteiger partial charge in [-0.15, -0.1) is 0 Å². The third kappa shape index (κ3) is 11.4. The molecule has 0 amide bonds. The SMILES string of the molecule is O=P(O)(O)OCl.[H-].[H-].[Sr+2]. The minimum Gasteiger partial charge on any atom is -1.00 e. The zero-order valence-corrected chi connectivity index (χ0v) is 8.37. The third-order valence-electron chi connectivity index (χ3n) is 0.0899. The van der Waals surface area contributed by atoms with Gasteiger partial charge in [-0.1, -0.05) is 0 Å².